The number of hydrogen-bond donors (Lipinski definition) is 2. The highest BCUT2D eigenvalue weighted by Gasteiger charge is 2.22. The van der Waals surface area contributed by atoms with Crippen LogP contribution in [-0.4, -0.2) is 20.7 Å². The van der Waals surface area contributed by atoms with Gasteiger partial charge in [-0.1, -0.05) is 42.2 Å². The Hall–Kier alpha value is -2.84. The molecule has 136 valence electrons. The molecule has 3 heterocycles. The number of carbonyl (C=O) groups is 2. The Kier molecular flexibility index (Phi) is 4.83. The van der Waals surface area contributed by atoms with Crippen molar-refractivity contribution < 1.29 is 14.0 Å². The number of thioether (sulfide) groups is 1. The predicted octanol–water partition coefficient (Wildman–Crippen LogP) is 3.04. The fourth-order valence-electron chi connectivity index (χ4n) is 2.89. The van der Waals surface area contributed by atoms with Crippen LogP contribution in [0.4, 0.5) is 0 Å². The highest BCUT2D eigenvalue weighted by molar-refractivity contribution is 8.26. The van der Waals surface area contributed by atoms with Crippen molar-refractivity contribution in [3.63, 3.8) is 0 Å². The van der Waals surface area contributed by atoms with Crippen molar-refractivity contribution in [2.24, 2.45) is 0 Å². The summed E-state index contributed by atoms with van der Waals surface area (Å²) < 4.78 is 7.54. The zero-order valence-electron chi connectivity index (χ0n) is 14.1. The van der Waals surface area contributed by atoms with Crippen LogP contribution in [0.2, 0.25) is 0 Å². The van der Waals surface area contributed by atoms with E-state index in [1.807, 2.05) is 41.1 Å². The van der Waals surface area contributed by atoms with Gasteiger partial charge in [0.1, 0.15) is 16.6 Å². The van der Waals surface area contributed by atoms with Gasteiger partial charge in [0.25, 0.3) is 5.91 Å². The molecule has 4 rings (SSSR count). The Morgan fingerprint density at radius 3 is 2.89 bits per heavy atom. The second kappa shape index (κ2) is 7.42. The molecule has 0 saturated carbocycles. The highest BCUT2D eigenvalue weighted by Crippen LogP contribution is 2.29. The van der Waals surface area contributed by atoms with Gasteiger partial charge in [0.2, 0.25) is 5.91 Å². The number of fused-ring (bicyclic) bond motifs is 1. The molecule has 6 nitrogen and oxygen atoms in total. The van der Waals surface area contributed by atoms with E-state index in [9.17, 15) is 9.59 Å². The molecule has 2 aromatic heterocycles. The van der Waals surface area contributed by atoms with Gasteiger partial charge in [-0.25, -0.2) is 0 Å². The molecule has 0 unspecified atom stereocenters. The van der Waals surface area contributed by atoms with E-state index in [-0.39, 0.29) is 18.4 Å². The molecule has 1 aromatic carbocycles. The van der Waals surface area contributed by atoms with E-state index in [1.165, 1.54) is 11.8 Å². The Bertz CT molecular complexity index is 1070. The van der Waals surface area contributed by atoms with Crippen LogP contribution in [0.5, 0.6) is 0 Å². The summed E-state index contributed by atoms with van der Waals surface area (Å²) in [6, 6.07) is 11.4. The molecule has 1 saturated heterocycles. The molecule has 3 aromatic rings. The third kappa shape index (κ3) is 3.81. The fraction of sp³-hybridized carbons (Fsp3) is 0.105. The number of aromatic nitrogens is 1. The maximum atomic E-state index is 12.3. The minimum atomic E-state index is -0.196. The second-order valence-corrected chi connectivity index (χ2v) is 7.66. The van der Waals surface area contributed by atoms with Gasteiger partial charge < -0.3 is 19.6 Å². The summed E-state index contributed by atoms with van der Waals surface area (Å²) in [5.41, 5.74) is 1.79. The average Bonchev–Trinajstić information content (AvgIpc) is 3.35. The van der Waals surface area contributed by atoms with Crippen LogP contribution in [-0.2, 0) is 22.7 Å². The van der Waals surface area contributed by atoms with E-state index in [4.69, 9.17) is 16.6 Å². The van der Waals surface area contributed by atoms with Gasteiger partial charge in [0.05, 0.1) is 17.7 Å². The van der Waals surface area contributed by atoms with E-state index in [0.717, 1.165) is 16.5 Å². The molecule has 0 spiro atoms. The quantitative estimate of drug-likeness (QED) is 0.511. The highest BCUT2D eigenvalue weighted by atomic mass is 32.2. The van der Waals surface area contributed by atoms with Crippen molar-refractivity contribution in [2.45, 2.75) is 13.1 Å². The number of thiocarbonyl (C=S) groups is 1. The van der Waals surface area contributed by atoms with Gasteiger partial charge >= 0.3 is 0 Å². The predicted molar refractivity (Wildman–Crippen MR) is 109 cm³/mol. The lowest BCUT2D eigenvalue weighted by atomic mass is 10.1. The molecule has 1 fully saturated rings. The summed E-state index contributed by atoms with van der Waals surface area (Å²) in [5, 5.41) is 6.42. The largest absolute Gasteiger partial charge is 0.467 e. The summed E-state index contributed by atoms with van der Waals surface area (Å²) in [6.45, 7) is 0.512. The average molecular weight is 397 g/mol. The van der Waals surface area contributed by atoms with Gasteiger partial charge in [-0.05, 0) is 24.3 Å². The summed E-state index contributed by atoms with van der Waals surface area (Å²) in [7, 11) is 0. The van der Waals surface area contributed by atoms with Gasteiger partial charge in [-0.3, -0.25) is 9.59 Å². The van der Waals surface area contributed by atoms with Crippen molar-refractivity contribution in [1.82, 2.24) is 15.2 Å². The number of furan rings is 1. The topological polar surface area (TPSA) is 76.3 Å². The number of hydrogen-bond acceptors (Lipinski definition) is 5. The smallest absolute Gasteiger partial charge is 0.263 e. The first kappa shape index (κ1) is 17.6. The summed E-state index contributed by atoms with van der Waals surface area (Å²) in [4.78, 5) is 24.8. The van der Waals surface area contributed by atoms with Crippen molar-refractivity contribution in [3.05, 3.63) is 65.1 Å². The van der Waals surface area contributed by atoms with E-state index in [1.54, 1.807) is 18.4 Å². The standard InChI is InChI=1S/C19H15N3O3S2/c23-17(20-9-13-4-3-7-25-13)11-22-10-12(14-5-1-2-6-15(14)22)8-16-18(24)21-19(26)27-16/h1-8,10H,9,11H2,(H,20,23)(H,21,24,26)/b16-8-. The molecular formula is C19H15N3O3S2. The molecule has 1 aliphatic rings. The molecule has 0 atom stereocenters. The lowest BCUT2D eigenvalue weighted by molar-refractivity contribution is -0.121. The molecule has 0 aliphatic carbocycles. The molecule has 1 aliphatic heterocycles. The Balaban J connectivity index is 1.58. The summed E-state index contributed by atoms with van der Waals surface area (Å²) in [6.07, 6.45) is 5.25. The van der Waals surface area contributed by atoms with E-state index < -0.39 is 0 Å². The van der Waals surface area contributed by atoms with Crippen molar-refractivity contribution in [2.75, 3.05) is 0 Å². The summed E-state index contributed by atoms with van der Waals surface area (Å²) >= 11 is 6.27. The van der Waals surface area contributed by atoms with Crippen molar-refractivity contribution >= 4 is 57.1 Å². The Morgan fingerprint density at radius 1 is 1.30 bits per heavy atom. The third-order valence-electron chi connectivity index (χ3n) is 4.10. The lowest BCUT2D eigenvalue weighted by Gasteiger charge is -2.06. The monoisotopic (exact) mass is 397 g/mol. The van der Waals surface area contributed by atoms with Crippen LogP contribution < -0.4 is 10.6 Å². The van der Waals surface area contributed by atoms with E-state index in [0.29, 0.717) is 21.5 Å². The van der Waals surface area contributed by atoms with Crippen LogP contribution in [0.1, 0.15) is 11.3 Å². The zero-order chi connectivity index (χ0) is 18.8. The van der Waals surface area contributed by atoms with Gasteiger partial charge in [0, 0.05) is 22.7 Å². The fourth-order valence-corrected chi connectivity index (χ4v) is 3.93. The first-order chi connectivity index (χ1) is 13.1. The van der Waals surface area contributed by atoms with Crippen LogP contribution in [0.15, 0.2) is 58.2 Å². The molecule has 2 amide bonds. The zero-order valence-corrected chi connectivity index (χ0v) is 15.7. The first-order valence-corrected chi connectivity index (χ1v) is 9.44. The van der Waals surface area contributed by atoms with Crippen LogP contribution in [0.25, 0.3) is 17.0 Å². The molecular weight excluding hydrogens is 382 g/mol. The van der Waals surface area contributed by atoms with Gasteiger partial charge in [0.15, 0.2) is 0 Å². The number of carbonyl (C=O) groups excluding carboxylic acids is 2. The van der Waals surface area contributed by atoms with Crippen LogP contribution in [0.3, 0.4) is 0 Å². The Morgan fingerprint density at radius 2 is 2.15 bits per heavy atom. The number of nitrogens with zero attached hydrogens (tertiary/aromatic N) is 1. The minimum absolute atomic E-state index is 0.125. The second-order valence-electron chi connectivity index (χ2n) is 5.94. The number of amides is 2. The Labute approximate surface area is 164 Å². The maximum absolute atomic E-state index is 12.3. The number of rotatable bonds is 5. The molecule has 8 heteroatoms. The summed E-state index contributed by atoms with van der Waals surface area (Å²) in [5.74, 6) is 0.380. The van der Waals surface area contributed by atoms with E-state index >= 15 is 0 Å². The van der Waals surface area contributed by atoms with Crippen LogP contribution in [0, 0.1) is 0 Å². The minimum Gasteiger partial charge on any atom is -0.467 e. The SMILES string of the molecule is O=C(Cn1cc(/C=C2\SC(=S)NC2=O)c2ccccc21)NCc1ccco1. The number of nitrogens with one attached hydrogen (secondary N) is 2. The number of benzene rings is 1. The number of para-hydroxylation sites is 1. The molecule has 0 radical (unpaired) electrons. The van der Waals surface area contributed by atoms with Crippen LogP contribution >= 0.6 is 24.0 Å². The van der Waals surface area contributed by atoms with Gasteiger partial charge in [-0.2, -0.15) is 0 Å². The van der Waals surface area contributed by atoms with Gasteiger partial charge in [-0.15, -0.1) is 0 Å². The van der Waals surface area contributed by atoms with Crippen molar-refractivity contribution in [3.8, 4) is 0 Å². The third-order valence-corrected chi connectivity index (χ3v) is 5.26. The first-order valence-electron chi connectivity index (χ1n) is 8.22. The molecule has 0 bridgehead atoms. The normalized spacial score (nSPS) is 15.5. The van der Waals surface area contributed by atoms with E-state index in [2.05, 4.69) is 10.6 Å². The maximum Gasteiger partial charge on any atom is 0.263 e. The molecule has 27 heavy (non-hydrogen) atoms. The molecule has 2 N–H and O–H groups in total. The van der Waals surface area contributed by atoms with Crippen molar-refractivity contribution in [1.29, 1.82) is 0 Å². The lowest BCUT2D eigenvalue weighted by Crippen LogP contribution is -2.26.